The van der Waals surface area contributed by atoms with E-state index in [1.165, 1.54) is 17.4 Å². The number of hydrazone groups is 1. The van der Waals surface area contributed by atoms with Crippen LogP contribution in [-0.4, -0.2) is 21.5 Å². The van der Waals surface area contributed by atoms with Crippen molar-refractivity contribution in [2.75, 3.05) is 0 Å². The van der Waals surface area contributed by atoms with E-state index in [9.17, 15) is 14.9 Å². The highest BCUT2D eigenvalue weighted by atomic mass is 32.1. The molecular formula is C20H18N4O3S. The molecule has 0 aliphatic rings. The van der Waals surface area contributed by atoms with E-state index in [0.29, 0.717) is 21.8 Å². The zero-order chi connectivity index (χ0) is 20.1. The van der Waals surface area contributed by atoms with Gasteiger partial charge in [0.05, 0.1) is 22.7 Å². The number of benzene rings is 2. The van der Waals surface area contributed by atoms with Gasteiger partial charge in [-0.3, -0.25) is 14.9 Å². The Hall–Kier alpha value is -3.39. The second-order valence-corrected chi connectivity index (χ2v) is 7.10. The van der Waals surface area contributed by atoms with Crippen LogP contribution in [0.2, 0.25) is 0 Å². The number of carbonyl (C=O) groups is 1. The van der Waals surface area contributed by atoms with Gasteiger partial charge in [0.15, 0.2) is 0 Å². The van der Waals surface area contributed by atoms with Gasteiger partial charge >= 0.3 is 0 Å². The minimum atomic E-state index is -0.433. The van der Waals surface area contributed by atoms with Crippen molar-refractivity contribution in [3.8, 4) is 11.3 Å². The first-order valence-corrected chi connectivity index (χ1v) is 9.40. The molecule has 2 aromatic carbocycles. The summed E-state index contributed by atoms with van der Waals surface area (Å²) in [5, 5.41) is 17.7. The van der Waals surface area contributed by atoms with Crippen molar-refractivity contribution in [2.24, 2.45) is 5.10 Å². The van der Waals surface area contributed by atoms with Crippen molar-refractivity contribution in [1.29, 1.82) is 0 Å². The van der Waals surface area contributed by atoms with Crippen molar-refractivity contribution in [3.05, 3.63) is 80.2 Å². The molecule has 1 heterocycles. The summed E-state index contributed by atoms with van der Waals surface area (Å²) in [6.45, 7) is 3.36. The average molecular weight is 394 g/mol. The highest BCUT2D eigenvalue weighted by molar-refractivity contribution is 7.10. The summed E-state index contributed by atoms with van der Waals surface area (Å²) in [6.07, 6.45) is 0.113. The second kappa shape index (κ2) is 8.53. The topological polar surface area (TPSA) is 97.5 Å². The van der Waals surface area contributed by atoms with Gasteiger partial charge in [0, 0.05) is 28.1 Å². The van der Waals surface area contributed by atoms with Crippen LogP contribution in [0.1, 0.15) is 23.1 Å². The summed E-state index contributed by atoms with van der Waals surface area (Å²) in [4.78, 5) is 27.3. The first-order valence-electron chi connectivity index (χ1n) is 8.52. The molecule has 3 aromatic rings. The van der Waals surface area contributed by atoms with Crippen LogP contribution in [0.25, 0.3) is 11.3 Å². The van der Waals surface area contributed by atoms with E-state index in [2.05, 4.69) is 15.5 Å². The molecule has 0 saturated heterocycles. The zero-order valence-corrected chi connectivity index (χ0v) is 16.2. The van der Waals surface area contributed by atoms with Gasteiger partial charge in [0.1, 0.15) is 5.01 Å². The van der Waals surface area contributed by atoms with E-state index in [4.69, 9.17) is 0 Å². The molecule has 142 valence electrons. The predicted octanol–water partition coefficient (Wildman–Crippen LogP) is 4.11. The largest absolute Gasteiger partial charge is 0.273 e. The molecule has 7 nitrogen and oxygen atoms in total. The van der Waals surface area contributed by atoms with E-state index >= 15 is 0 Å². The number of amides is 1. The lowest BCUT2D eigenvalue weighted by molar-refractivity contribution is -0.385. The molecule has 0 aliphatic carbocycles. The fourth-order valence-corrected chi connectivity index (χ4v) is 3.35. The van der Waals surface area contributed by atoms with Crippen LogP contribution < -0.4 is 5.43 Å². The summed E-state index contributed by atoms with van der Waals surface area (Å²) >= 11 is 1.41. The third-order valence-electron chi connectivity index (χ3n) is 4.10. The fourth-order valence-electron chi connectivity index (χ4n) is 2.55. The van der Waals surface area contributed by atoms with E-state index in [-0.39, 0.29) is 18.0 Å². The van der Waals surface area contributed by atoms with E-state index in [1.807, 2.05) is 35.7 Å². The third kappa shape index (κ3) is 4.66. The smallest absolute Gasteiger partial charge is 0.272 e. The Labute approximate surface area is 165 Å². The molecule has 3 rings (SSSR count). The molecule has 0 atom stereocenters. The van der Waals surface area contributed by atoms with Crippen LogP contribution in [0.3, 0.4) is 0 Å². The molecule has 0 fully saturated rings. The van der Waals surface area contributed by atoms with Crippen molar-refractivity contribution >= 4 is 28.6 Å². The maximum absolute atomic E-state index is 12.2. The number of rotatable bonds is 6. The van der Waals surface area contributed by atoms with Gasteiger partial charge in [-0.05, 0) is 13.8 Å². The molecule has 0 radical (unpaired) electrons. The summed E-state index contributed by atoms with van der Waals surface area (Å²) < 4.78 is 0. The quantitative estimate of drug-likeness (QED) is 0.386. The Morgan fingerprint density at radius 3 is 2.71 bits per heavy atom. The van der Waals surface area contributed by atoms with Gasteiger partial charge in [-0.1, -0.05) is 42.5 Å². The lowest BCUT2D eigenvalue weighted by Gasteiger charge is -2.04. The van der Waals surface area contributed by atoms with Crippen LogP contribution in [0, 0.1) is 17.0 Å². The standard InChI is InChI=1S/C20H18N4O3S/c1-13-8-9-16(10-18(13)24(26)27)14(2)22-23-19(25)11-20-21-17(12-28-20)15-6-4-3-5-7-15/h3-10,12H,11H2,1-2H3,(H,23,25)/b22-14-. The predicted molar refractivity (Wildman–Crippen MR) is 109 cm³/mol. The van der Waals surface area contributed by atoms with Gasteiger partial charge in [-0.15, -0.1) is 11.3 Å². The van der Waals surface area contributed by atoms with E-state index < -0.39 is 4.92 Å². The first-order chi connectivity index (χ1) is 13.4. The van der Waals surface area contributed by atoms with Crippen LogP contribution >= 0.6 is 11.3 Å². The monoisotopic (exact) mass is 394 g/mol. The maximum Gasteiger partial charge on any atom is 0.272 e. The highest BCUT2D eigenvalue weighted by Gasteiger charge is 2.13. The highest BCUT2D eigenvalue weighted by Crippen LogP contribution is 2.22. The maximum atomic E-state index is 12.2. The molecule has 0 unspecified atom stereocenters. The normalized spacial score (nSPS) is 11.3. The Balaban J connectivity index is 1.65. The average Bonchev–Trinajstić information content (AvgIpc) is 3.15. The Morgan fingerprint density at radius 2 is 2.00 bits per heavy atom. The second-order valence-electron chi connectivity index (χ2n) is 6.16. The molecular weight excluding hydrogens is 376 g/mol. The van der Waals surface area contributed by atoms with Gasteiger partial charge in [-0.25, -0.2) is 10.4 Å². The number of nitrogens with one attached hydrogen (secondary N) is 1. The van der Waals surface area contributed by atoms with E-state index in [1.54, 1.807) is 26.0 Å². The molecule has 1 N–H and O–H groups in total. The number of aryl methyl sites for hydroxylation is 1. The summed E-state index contributed by atoms with van der Waals surface area (Å²) in [7, 11) is 0. The molecule has 0 bridgehead atoms. The number of nitro benzene ring substituents is 1. The molecule has 28 heavy (non-hydrogen) atoms. The molecule has 0 aliphatic heterocycles. The molecule has 0 saturated carbocycles. The van der Waals surface area contributed by atoms with Crippen LogP contribution in [0.15, 0.2) is 59.0 Å². The first kappa shape index (κ1) is 19.4. The molecule has 0 spiro atoms. The molecule has 1 amide bonds. The Kier molecular flexibility index (Phi) is 5.90. The molecule has 1 aromatic heterocycles. The lowest BCUT2D eigenvalue weighted by Crippen LogP contribution is -2.21. The van der Waals surface area contributed by atoms with Crippen LogP contribution in [0.5, 0.6) is 0 Å². The van der Waals surface area contributed by atoms with Crippen molar-refractivity contribution < 1.29 is 9.72 Å². The van der Waals surface area contributed by atoms with E-state index in [0.717, 1.165) is 11.3 Å². The van der Waals surface area contributed by atoms with Crippen molar-refractivity contribution in [3.63, 3.8) is 0 Å². The van der Waals surface area contributed by atoms with Crippen molar-refractivity contribution in [2.45, 2.75) is 20.3 Å². The van der Waals surface area contributed by atoms with Gasteiger partial charge in [0.2, 0.25) is 5.91 Å². The van der Waals surface area contributed by atoms with Gasteiger partial charge in [0.25, 0.3) is 5.69 Å². The minimum Gasteiger partial charge on any atom is -0.273 e. The molecule has 8 heteroatoms. The van der Waals surface area contributed by atoms with Gasteiger partial charge < -0.3 is 0 Å². The van der Waals surface area contributed by atoms with Crippen LogP contribution in [0.4, 0.5) is 5.69 Å². The number of thiazole rings is 1. The lowest BCUT2D eigenvalue weighted by atomic mass is 10.1. The number of nitrogens with zero attached hydrogens (tertiary/aromatic N) is 3. The zero-order valence-electron chi connectivity index (χ0n) is 15.4. The number of hydrogen-bond donors (Lipinski definition) is 1. The Morgan fingerprint density at radius 1 is 1.25 bits per heavy atom. The SMILES string of the molecule is C/C(=N/NC(=O)Cc1nc(-c2ccccc2)cs1)c1ccc(C)c([N+](=O)[O-])c1. The third-order valence-corrected chi connectivity index (χ3v) is 4.95. The summed E-state index contributed by atoms with van der Waals surface area (Å²) in [5.41, 5.74) is 5.99. The number of carbonyl (C=O) groups excluding carboxylic acids is 1. The van der Waals surface area contributed by atoms with Crippen LogP contribution in [-0.2, 0) is 11.2 Å². The summed E-state index contributed by atoms with van der Waals surface area (Å²) in [6, 6.07) is 14.6. The fraction of sp³-hybridized carbons (Fsp3) is 0.150. The summed E-state index contributed by atoms with van der Waals surface area (Å²) in [5.74, 6) is -0.296. The van der Waals surface area contributed by atoms with Crippen molar-refractivity contribution in [1.82, 2.24) is 10.4 Å². The number of hydrogen-bond acceptors (Lipinski definition) is 6. The van der Waals surface area contributed by atoms with Gasteiger partial charge in [-0.2, -0.15) is 5.10 Å². The number of aromatic nitrogens is 1. The number of nitro groups is 1. The minimum absolute atomic E-state index is 0.0228. The Bertz CT molecular complexity index is 1040.